The van der Waals surface area contributed by atoms with Gasteiger partial charge in [-0.05, 0) is 42.0 Å². The summed E-state index contributed by atoms with van der Waals surface area (Å²) in [5.41, 5.74) is 1.93. The molecule has 0 saturated carbocycles. The molecule has 0 saturated heterocycles. The van der Waals surface area contributed by atoms with Crippen molar-refractivity contribution >= 4 is 53.5 Å². The Morgan fingerprint density at radius 3 is 2.00 bits per heavy atom. The minimum atomic E-state index is 0.116. The third-order valence-electron chi connectivity index (χ3n) is 2.66. The number of hydrogen-bond donors (Lipinski definition) is 2. The summed E-state index contributed by atoms with van der Waals surface area (Å²) >= 11 is 10.2. The molecule has 5 heteroatoms. The number of benzene rings is 2. The van der Waals surface area contributed by atoms with Crippen molar-refractivity contribution in [2.24, 2.45) is 0 Å². The molecule has 0 aliphatic rings. The van der Waals surface area contributed by atoms with Crippen LogP contribution in [-0.4, -0.2) is 10.8 Å². The minimum Gasteiger partial charge on any atom is -0.507 e. The molecule has 2 rings (SSSR count). The topological polar surface area (TPSA) is 44.1 Å². The third-order valence-corrected chi connectivity index (χ3v) is 4.42. The molecular weight excluding hydrogens is 486 g/mol. The number of phenolic OH excluding ortho intramolecular Hbond substituents is 1. The van der Waals surface area contributed by atoms with E-state index in [1.807, 2.05) is 52.0 Å². The van der Waals surface area contributed by atoms with Crippen molar-refractivity contribution in [1.82, 2.24) is 0 Å². The van der Waals surface area contributed by atoms with Crippen LogP contribution < -0.4 is 0 Å². The summed E-state index contributed by atoms with van der Waals surface area (Å²) in [6.45, 7) is 8.00. The predicted molar refractivity (Wildman–Crippen MR) is 111 cm³/mol. The van der Waals surface area contributed by atoms with Crippen LogP contribution in [0.4, 0.5) is 0 Å². The van der Waals surface area contributed by atoms with E-state index >= 15 is 0 Å². The first kappa shape index (κ1) is 22.4. The molecule has 0 fully saturated rings. The Balaban J connectivity index is 0.00000112. The first-order chi connectivity index (χ1) is 11.0. The van der Waals surface area contributed by atoms with Crippen LogP contribution in [-0.2, 0) is 6.42 Å². The number of halogens is 3. The van der Waals surface area contributed by atoms with Crippen molar-refractivity contribution in [2.45, 2.75) is 34.1 Å². The summed E-state index contributed by atoms with van der Waals surface area (Å²) in [6, 6.07) is 11.0. The normalized spacial score (nSPS) is 9.17. The van der Waals surface area contributed by atoms with Crippen LogP contribution in [0.3, 0.4) is 0 Å². The molecule has 0 aliphatic carbocycles. The molecule has 0 heterocycles. The fraction of sp³-hybridized carbons (Fsp3) is 0.278. The fourth-order valence-corrected chi connectivity index (χ4v) is 2.87. The maximum Gasteiger partial charge on any atom is 0.125 e. The van der Waals surface area contributed by atoms with Gasteiger partial charge in [0, 0.05) is 31.1 Å². The van der Waals surface area contributed by atoms with Gasteiger partial charge in [0.05, 0.1) is 0 Å². The molecule has 2 nitrogen and oxygen atoms in total. The highest BCUT2D eigenvalue weighted by Gasteiger charge is 2.10. The van der Waals surface area contributed by atoms with Crippen LogP contribution in [0.1, 0.15) is 38.8 Å². The highest BCUT2D eigenvalue weighted by molar-refractivity contribution is 9.11. The van der Waals surface area contributed by atoms with E-state index in [1.165, 1.54) is 0 Å². The summed E-state index contributed by atoms with van der Waals surface area (Å²) in [5.74, 6) is 0.116. The summed E-state index contributed by atoms with van der Waals surface area (Å²) in [7, 11) is 0. The SMILES string of the molecule is CC.CC.N=C(Cc1cc(Br)ccc1Br)c1ccc(Br)cc1O. The Labute approximate surface area is 164 Å². The Morgan fingerprint density at radius 1 is 0.913 bits per heavy atom. The van der Waals surface area contributed by atoms with Crippen molar-refractivity contribution in [3.05, 3.63) is 60.9 Å². The van der Waals surface area contributed by atoms with Crippen molar-refractivity contribution < 1.29 is 5.11 Å². The van der Waals surface area contributed by atoms with Gasteiger partial charge in [-0.25, -0.2) is 0 Å². The van der Waals surface area contributed by atoms with Gasteiger partial charge < -0.3 is 10.5 Å². The molecule has 2 aromatic rings. The van der Waals surface area contributed by atoms with Gasteiger partial charge in [-0.1, -0.05) is 75.5 Å². The maximum atomic E-state index is 9.87. The van der Waals surface area contributed by atoms with Crippen LogP contribution in [0.5, 0.6) is 5.75 Å². The number of rotatable bonds is 3. The molecule has 0 amide bonds. The van der Waals surface area contributed by atoms with Crippen LogP contribution in [0, 0.1) is 5.41 Å². The van der Waals surface area contributed by atoms with Crippen molar-refractivity contribution in [2.75, 3.05) is 0 Å². The fourth-order valence-electron chi connectivity index (χ4n) is 1.72. The lowest BCUT2D eigenvalue weighted by Crippen LogP contribution is -2.04. The van der Waals surface area contributed by atoms with Crippen molar-refractivity contribution in [1.29, 1.82) is 5.41 Å². The highest BCUT2D eigenvalue weighted by Crippen LogP contribution is 2.26. The second-order valence-corrected chi connectivity index (χ2v) is 6.74. The van der Waals surface area contributed by atoms with Crippen LogP contribution in [0.25, 0.3) is 0 Å². The Hall–Kier alpha value is -0.650. The lowest BCUT2D eigenvalue weighted by Gasteiger charge is -2.09. The molecule has 0 spiro atoms. The molecule has 2 aromatic carbocycles. The summed E-state index contributed by atoms with van der Waals surface area (Å²) in [4.78, 5) is 0. The molecule has 0 atom stereocenters. The number of phenols is 1. The predicted octanol–water partition coefficient (Wildman–Crippen LogP) is 7.34. The van der Waals surface area contributed by atoms with Gasteiger partial charge >= 0.3 is 0 Å². The zero-order valence-electron chi connectivity index (χ0n) is 13.8. The average molecular weight is 508 g/mol. The van der Waals surface area contributed by atoms with Gasteiger partial charge in [-0.2, -0.15) is 0 Å². The zero-order chi connectivity index (χ0) is 18.0. The lowest BCUT2D eigenvalue weighted by atomic mass is 10.0. The van der Waals surface area contributed by atoms with Crippen LogP contribution >= 0.6 is 47.8 Å². The number of nitrogens with one attached hydrogen (secondary N) is 1. The Bertz CT molecular complexity index is 642. The maximum absolute atomic E-state index is 9.87. The molecule has 23 heavy (non-hydrogen) atoms. The molecule has 2 N–H and O–H groups in total. The average Bonchev–Trinajstić information content (AvgIpc) is 2.54. The van der Waals surface area contributed by atoms with Gasteiger partial charge in [0.2, 0.25) is 0 Å². The van der Waals surface area contributed by atoms with E-state index in [4.69, 9.17) is 5.41 Å². The first-order valence-electron chi connectivity index (χ1n) is 7.47. The van der Waals surface area contributed by atoms with E-state index in [9.17, 15) is 5.11 Å². The van der Waals surface area contributed by atoms with E-state index in [0.717, 1.165) is 19.0 Å². The van der Waals surface area contributed by atoms with Gasteiger partial charge in [0.1, 0.15) is 5.75 Å². The molecule has 0 radical (unpaired) electrons. The first-order valence-corrected chi connectivity index (χ1v) is 9.85. The minimum absolute atomic E-state index is 0.116. The summed E-state index contributed by atoms with van der Waals surface area (Å²) in [5, 5.41) is 18.0. The van der Waals surface area contributed by atoms with Crippen molar-refractivity contribution in [3.63, 3.8) is 0 Å². The van der Waals surface area contributed by atoms with E-state index in [0.29, 0.717) is 17.7 Å². The molecule has 0 aliphatic heterocycles. The second-order valence-electron chi connectivity index (χ2n) is 4.05. The smallest absolute Gasteiger partial charge is 0.125 e. The monoisotopic (exact) mass is 505 g/mol. The number of hydrogen-bond acceptors (Lipinski definition) is 2. The largest absolute Gasteiger partial charge is 0.507 e. The quantitative estimate of drug-likeness (QED) is 0.419. The Morgan fingerprint density at radius 2 is 1.43 bits per heavy atom. The van der Waals surface area contributed by atoms with Gasteiger partial charge in [-0.15, -0.1) is 0 Å². The van der Waals surface area contributed by atoms with E-state index in [-0.39, 0.29) is 5.75 Å². The van der Waals surface area contributed by atoms with E-state index < -0.39 is 0 Å². The van der Waals surface area contributed by atoms with Gasteiger partial charge in [0.25, 0.3) is 0 Å². The molecular formula is C18H22Br3NO. The zero-order valence-corrected chi connectivity index (χ0v) is 18.5. The van der Waals surface area contributed by atoms with E-state index in [2.05, 4.69) is 47.8 Å². The molecule has 0 bridgehead atoms. The van der Waals surface area contributed by atoms with Crippen molar-refractivity contribution in [3.8, 4) is 5.75 Å². The Kier molecular flexibility index (Phi) is 11.5. The van der Waals surface area contributed by atoms with Gasteiger partial charge in [-0.3, -0.25) is 0 Å². The molecule has 0 aromatic heterocycles. The third kappa shape index (κ3) is 7.19. The van der Waals surface area contributed by atoms with Crippen LogP contribution in [0.15, 0.2) is 49.8 Å². The standard InChI is InChI=1S/C14H10Br3NO.2C2H6/c15-9-2-4-12(17)8(5-9)6-13(18)11-3-1-10(16)7-14(11)19;2*1-2/h1-5,7,18-19H,6H2;2*1-2H3. The number of aromatic hydroxyl groups is 1. The summed E-state index contributed by atoms with van der Waals surface area (Å²) < 4.78 is 2.72. The second kappa shape index (κ2) is 11.8. The highest BCUT2D eigenvalue weighted by atomic mass is 79.9. The molecule has 0 unspecified atom stereocenters. The summed E-state index contributed by atoms with van der Waals surface area (Å²) in [6.07, 6.45) is 0.454. The molecule has 126 valence electrons. The van der Waals surface area contributed by atoms with E-state index in [1.54, 1.807) is 12.1 Å². The lowest BCUT2D eigenvalue weighted by molar-refractivity contribution is 0.473. The van der Waals surface area contributed by atoms with Gasteiger partial charge in [0.15, 0.2) is 0 Å². The van der Waals surface area contributed by atoms with Crippen LogP contribution in [0.2, 0.25) is 0 Å².